The van der Waals surface area contributed by atoms with E-state index in [4.69, 9.17) is 5.73 Å². The van der Waals surface area contributed by atoms with Crippen molar-refractivity contribution in [3.8, 4) is 0 Å². The van der Waals surface area contributed by atoms with Crippen LogP contribution in [-0.2, 0) is 4.79 Å². The third kappa shape index (κ3) is 3.45. The minimum Gasteiger partial charge on any atom is -0.342 e. The van der Waals surface area contributed by atoms with Gasteiger partial charge in [0.05, 0.1) is 6.04 Å². The molecule has 1 rings (SSSR count). The quantitative estimate of drug-likeness (QED) is 0.805. The van der Waals surface area contributed by atoms with Crippen LogP contribution in [0, 0.1) is 5.92 Å². The summed E-state index contributed by atoms with van der Waals surface area (Å²) in [7, 11) is 0. The van der Waals surface area contributed by atoms with E-state index in [2.05, 4.69) is 11.8 Å². The highest BCUT2D eigenvalue weighted by Crippen LogP contribution is 2.23. The molecule has 3 unspecified atom stereocenters. The van der Waals surface area contributed by atoms with Gasteiger partial charge in [-0.1, -0.05) is 0 Å². The minimum absolute atomic E-state index is 0.0192. The number of nitrogens with zero attached hydrogens (tertiary/aromatic N) is 2. The van der Waals surface area contributed by atoms with E-state index in [0.29, 0.717) is 12.0 Å². The number of hydrogen-bond acceptors (Lipinski definition) is 3. The van der Waals surface area contributed by atoms with Crippen molar-refractivity contribution in [2.24, 2.45) is 11.7 Å². The number of piperidine rings is 1. The van der Waals surface area contributed by atoms with Crippen LogP contribution in [0.25, 0.3) is 0 Å². The SMILES string of the molecule is CCN(CC)C(=O)C(C)N1CC(CN)CCC1C. The molecule has 1 aliphatic heterocycles. The summed E-state index contributed by atoms with van der Waals surface area (Å²) in [6.45, 7) is 11.6. The summed E-state index contributed by atoms with van der Waals surface area (Å²) in [5.74, 6) is 0.803. The number of carbonyl (C=O) groups is 1. The molecule has 1 heterocycles. The summed E-state index contributed by atoms with van der Waals surface area (Å²) < 4.78 is 0. The van der Waals surface area contributed by atoms with Crippen LogP contribution in [0.5, 0.6) is 0 Å². The summed E-state index contributed by atoms with van der Waals surface area (Å²) in [4.78, 5) is 16.7. The van der Waals surface area contributed by atoms with E-state index in [-0.39, 0.29) is 11.9 Å². The third-order valence-corrected chi connectivity index (χ3v) is 4.29. The monoisotopic (exact) mass is 255 g/mol. The van der Waals surface area contributed by atoms with Gasteiger partial charge >= 0.3 is 0 Å². The Bertz CT molecular complexity index is 266. The van der Waals surface area contributed by atoms with Crippen LogP contribution in [0.3, 0.4) is 0 Å². The maximum absolute atomic E-state index is 12.4. The molecule has 0 saturated carbocycles. The van der Waals surface area contributed by atoms with E-state index in [0.717, 1.165) is 32.6 Å². The van der Waals surface area contributed by atoms with Gasteiger partial charge in [0.1, 0.15) is 0 Å². The number of rotatable bonds is 5. The molecule has 4 nitrogen and oxygen atoms in total. The lowest BCUT2D eigenvalue weighted by Crippen LogP contribution is -2.54. The normalized spacial score (nSPS) is 26.9. The van der Waals surface area contributed by atoms with E-state index < -0.39 is 0 Å². The average molecular weight is 255 g/mol. The second-order valence-corrected chi connectivity index (χ2v) is 5.41. The minimum atomic E-state index is -0.0192. The highest BCUT2D eigenvalue weighted by atomic mass is 16.2. The largest absolute Gasteiger partial charge is 0.342 e. The van der Waals surface area contributed by atoms with Crippen LogP contribution >= 0.6 is 0 Å². The van der Waals surface area contributed by atoms with Gasteiger partial charge in [-0.15, -0.1) is 0 Å². The topological polar surface area (TPSA) is 49.6 Å². The van der Waals surface area contributed by atoms with Gasteiger partial charge in [0.2, 0.25) is 5.91 Å². The first-order valence-electron chi connectivity index (χ1n) is 7.29. The van der Waals surface area contributed by atoms with Crippen molar-refractivity contribution in [2.45, 2.75) is 52.6 Å². The Morgan fingerprint density at radius 3 is 2.50 bits per heavy atom. The molecule has 0 aromatic carbocycles. The molecule has 1 fully saturated rings. The first kappa shape index (κ1) is 15.4. The van der Waals surface area contributed by atoms with Gasteiger partial charge in [0, 0.05) is 25.7 Å². The standard InChI is InChI=1S/C14H29N3O/c1-5-16(6-2)14(18)12(4)17-10-13(9-15)8-7-11(17)3/h11-13H,5-10,15H2,1-4H3. The zero-order valence-corrected chi connectivity index (χ0v) is 12.4. The van der Waals surface area contributed by atoms with E-state index in [1.807, 2.05) is 25.7 Å². The fourth-order valence-electron chi connectivity index (χ4n) is 2.89. The molecule has 0 aromatic rings. The molecule has 0 aromatic heterocycles. The van der Waals surface area contributed by atoms with Gasteiger partial charge in [0.25, 0.3) is 0 Å². The molecule has 0 radical (unpaired) electrons. The third-order valence-electron chi connectivity index (χ3n) is 4.29. The lowest BCUT2D eigenvalue weighted by molar-refractivity contribution is -0.137. The van der Waals surface area contributed by atoms with Crippen molar-refractivity contribution in [1.82, 2.24) is 9.80 Å². The smallest absolute Gasteiger partial charge is 0.239 e. The Hall–Kier alpha value is -0.610. The van der Waals surface area contributed by atoms with Gasteiger partial charge in [-0.25, -0.2) is 0 Å². The van der Waals surface area contributed by atoms with Crippen molar-refractivity contribution in [3.05, 3.63) is 0 Å². The van der Waals surface area contributed by atoms with Crippen LogP contribution < -0.4 is 5.73 Å². The van der Waals surface area contributed by atoms with Gasteiger partial charge < -0.3 is 10.6 Å². The Balaban J connectivity index is 2.68. The van der Waals surface area contributed by atoms with E-state index in [1.54, 1.807) is 0 Å². The maximum atomic E-state index is 12.4. The number of hydrogen-bond donors (Lipinski definition) is 1. The molecule has 0 bridgehead atoms. The predicted molar refractivity (Wildman–Crippen MR) is 75.3 cm³/mol. The first-order chi connectivity index (χ1) is 8.54. The molecule has 2 N–H and O–H groups in total. The van der Waals surface area contributed by atoms with E-state index in [1.165, 1.54) is 6.42 Å². The molecule has 1 aliphatic rings. The number of likely N-dealkylation sites (tertiary alicyclic amines) is 1. The molecule has 1 saturated heterocycles. The van der Waals surface area contributed by atoms with Crippen LogP contribution in [0.4, 0.5) is 0 Å². The average Bonchev–Trinajstić information content (AvgIpc) is 2.39. The molecule has 0 spiro atoms. The van der Waals surface area contributed by atoms with Crippen LogP contribution in [0.15, 0.2) is 0 Å². The Morgan fingerprint density at radius 2 is 2.00 bits per heavy atom. The molecule has 3 atom stereocenters. The molecule has 0 aliphatic carbocycles. The van der Waals surface area contributed by atoms with Crippen molar-refractivity contribution in [1.29, 1.82) is 0 Å². The van der Waals surface area contributed by atoms with Gasteiger partial charge in [-0.05, 0) is 53.0 Å². The van der Waals surface area contributed by atoms with Crippen molar-refractivity contribution < 1.29 is 4.79 Å². The summed E-state index contributed by atoms with van der Waals surface area (Å²) in [6.07, 6.45) is 2.35. The zero-order valence-electron chi connectivity index (χ0n) is 12.4. The Labute approximate surface area is 111 Å². The van der Waals surface area contributed by atoms with E-state index in [9.17, 15) is 4.79 Å². The summed E-state index contributed by atoms with van der Waals surface area (Å²) >= 11 is 0. The van der Waals surface area contributed by atoms with Gasteiger partial charge in [0.15, 0.2) is 0 Å². The second kappa shape index (κ2) is 7.10. The molecular weight excluding hydrogens is 226 g/mol. The number of nitrogens with two attached hydrogens (primary N) is 1. The number of carbonyl (C=O) groups excluding carboxylic acids is 1. The van der Waals surface area contributed by atoms with Crippen molar-refractivity contribution in [2.75, 3.05) is 26.2 Å². The van der Waals surface area contributed by atoms with Crippen molar-refractivity contribution in [3.63, 3.8) is 0 Å². The van der Waals surface area contributed by atoms with Crippen LogP contribution in [0.1, 0.15) is 40.5 Å². The molecule has 1 amide bonds. The Morgan fingerprint density at radius 1 is 1.39 bits per heavy atom. The summed E-state index contributed by atoms with van der Waals surface area (Å²) in [6, 6.07) is 0.469. The molecule has 18 heavy (non-hydrogen) atoms. The van der Waals surface area contributed by atoms with Crippen LogP contribution in [-0.4, -0.2) is 54.0 Å². The fourth-order valence-corrected chi connectivity index (χ4v) is 2.89. The lowest BCUT2D eigenvalue weighted by atomic mass is 9.92. The van der Waals surface area contributed by atoms with Gasteiger partial charge in [-0.2, -0.15) is 0 Å². The molecular formula is C14H29N3O. The number of likely N-dealkylation sites (N-methyl/N-ethyl adjacent to an activating group) is 1. The second-order valence-electron chi connectivity index (χ2n) is 5.41. The van der Waals surface area contributed by atoms with Crippen LogP contribution in [0.2, 0.25) is 0 Å². The first-order valence-corrected chi connectivity index (χ1v) is 7.29. The fraction of sp³-hybridized carbons (Fsp3) is 0.929. The number of amides is 1. The maximum Gasteiger partial charge on any atom is 0.239 e. The highest BCUT2D eigenvalue weighted by Gasteiger charge is 2.32. The van der Waals surface area contributed by atoms with Crippen molar-refractivity contribution >= 4 is 5.91 Å². The summed E-state index contributed by atoms with van der Waals surface area (Å²) in [5.41, 5.74) is 5.78. The molecule has 4 heteroatoms. The summed E-state index contributed by atoms with van der Waals surface area (Å²) in [5, 5.41) is 0. The zero-order chi connectivity index (χ0) is 13.7. The highest BCUT2D eigenvalue weighted by molar-refractivity contribution is 5.81. The van der Waals surface area contributed by atoms with Gasteiger partial charge in [-0.3, -0.25) is 9.69 Å². The predicted octanol–water partition coefficient (Wildman–Crippen LogP) is 1.30. The lowest BCUT2D eigenvalue weighted by Gasteiger charge is -2.42. The Kier molecular flexibility index (Phi) is 6.09. The van der Waals surface area contributed by atoms with E-state index >= 15 is 0 Å². The molecule has 106 valence electrons.